The molecule has 1 N–H and O–H groups in total. The van der Waals surface area contributed by atoms with Gasteiger partial charge in [0.05, 0.1) is 5.69 Å². The van der Waals surface area contributed by atoms with E-state index in [1.54, 1.807) is 18.2 Å². The number of amides is 1. The van der Waals surface area contributed by atoms with Gasteiger partial charge in [-0.2, -0.15) is 5.10 Å². The second-order valence-electron chi connectivity index (χ2n) is 6.20. The standard InChI is InChI=1S/C20H17N3O4/c1-13-2-5-15(6-3-13)21-19(24)11-23-20(25)9-7-16(22-23)14-4-8-17-18(10-14)27-12-26-17/h2-10H,11-12H2,1H3,(H,21,24). The molecular formula is C20H17N3O4. The van der Waals surface area contributed by atoms with Crippen molar-refractivity contribution < 1.29 is 14.3 Å². The van der Waals surface area contributed by atoms with E-state index in [1.807, 2.05) is 37.3 Å². The Hall–Kier alpha value is -3.61. The summed E-state index contributed by atoms with van der Waals surface area (Å²) in [6.45, 7) is 1.98. The van der Waals surface area contributed by atoms with Crippen molar-refractivity contribution >= 4 is 11.6 Å². The van der Waals surface area contributed by atoms with E-state index in [0.717, 1.165) is 15.8 Å². The molecule has 27 heavy (non-hydrogen) atoms. The summed E-state index contributed by atoms with van der Waals surface area (Å²) in [5.41, 5.74) is 2.76. The minimum Gasteiger partial charge on any atom is -0.454 e. The highest BCUT2D eigenvalue weighted by Gasteiger charge is 2.15. The molecule has 0 radical (unpaired) electrons. The molecule has 2 heterocycles. The fraction of sp³-hybridized carbons (Fsp3) is 0.150. The van der Waals surface area contributed by atoms with Crippen LogP contribution in [0.15, 0.2) is 59.4 Å². The highest BCUT2D eigenvalue weighted by atomic mass is 16.7. The third-order valence-corrected chi connectivity index (χ3v) is 4.16. The van der Waals surface area contributed by atoms with Crippen molar-refractivity contribution in [2.45, 2.75) is 13.5 Å². The Balaban J connectivity index is 1.54. The SMILES string of the molecule is Cc1ccc(NC(=O)Cn2nc(-c3ccc4c(c3)OCO4)ccc2=O)cc1. The number of nitrogens with zero attached hydrogens (tertiary/aromatic N) is 2. The molecule has 136 valence electrons. The number of carbonyl (C=O) groups is 1. The Morgan fingerprint density at radius 2 is 1.85 bits per heavy atom. The van der Waals surface area contributed by atoms with E-state index in [4.69, 9.17) is 9.47 Å². The summed E-state index contributed by atoms with van der Waals surface area (Å²) >= 11 is 0. The molecule has 0 saturated heterocycles. The molecule has 7 heteroatoms. The molecule has 3 aromatic rings. The van der Waals surface area contributed by atoms with Gasteiger partial charge in [0.25, 0.3) is 5.56 Å². The number of fused-ring (bicyclic) bond motifs is 1. The summed E-state index contributed by atoms with van der Waals surface area (Å²) in [5, 5.41) is 7.07. The van der Waals surface area contributed by atoms with Crippen molar-refractivity contribution in [3.8, 4) is 22.8 Å². The van der Waals surface area contributed by atoms with Gasteiger partial charge in [0, 0.05) is 17.3 Å². The summed E-state index contributed by atoms with van der Waals surface area (Å²) in [7, 11) is 0. The maximum absolute atomic E-state index is 12.3. The summed E-state index contributed by atoms with van der Waals surface area (Å²) < 4.78 is 11.8. The van der Waals surface area contributed by atoms with E-state index >= 15 is 0 Å². The zero-order chi connectivity index (χ0) is 18.8. The number of hydrogen-bond donors (Lipinski definition) is 1. The maximum Gasteiger partial charge on any atom is 0.267 e. The fourth-order valence-electron chi connectivity index (χ4n) is 2.75. The summed E-state index contributed by atoms with van der Waals surface area (Å²) in [4.78, 5) is 24.4. The smallest absolute Gasteiger partial charge is 0.267 e. The number of anilines is 1. The van der Waals surface area contributed by atoms with Gasteiger partial charge in [-0.05, 0) is 43.3 Å². The maximum atomic E-state index is 12.3. The topological polar surface area (TPSA) is 82.5 Å². The van der Waals surface area contributed by atoms with Crippen LogP contribution in [-0.2, 0) is 11.3 Å². The van der Waals surface area contributed by atoms with Crippen LogP contribution in [-0.4, -0.2) is 22.5 Å². The van der Waals surface area contributed by atoms with Crippen LogP contribution >= 0.6 is 0 Å². The minimum absolute atomic E-state index is 0.175. The summed E-state index contributed by atoms with van der Waals surface area (Å²) in [5.74, 6) is 0.977. The van der Waals surface area contributed by atoms with Crippen LogP contribution in [0.4, 0.5) is 5.69 Å². The van der Waals surface area contributed by atoms with Crippen molar-refractivity contribution in [2.75, 3.05) is 12.1 Å². The van der Waals surface area contributed by atoms with Crippen LogP contribution in [0.3, 0.4) is 0 Å². The van der Waals surface area contributed by atoms with Crippen LogP contribution in [0, 0.1) is 6.92 Å². The fourth-order valence-corrected chi connectivity index (χ4v) is 2.75. The Kier molecular flexibility index (Phi) is 4.33. The Labute approximate surface area is 155 Å². The Morgan fingerprint density at radius 1 is 1.07 bits per heavy atom. The van der Waals surface area contributed by atoms with Crippen molar-refractivity contribution in [3.63, 3.8) is 0 Å². The van der Waals surface area contributed by atoms with Crippen LogP contribution in [0.1, 0.15) is 5.56 Å². The number of carbonyl (C=O) groups excluding carboxylic acids is 1. The summed E-state index contributed by atoms with van der Waals surface area (Å²) in [6, 6.07) is 15.9. The highest BCUT2D eigenvalue weighted by Crippen LogP contribution is 2.35. The molecule has 0 bridgehead atoms. The number of rotatable bonds is 4. The second-order valence-corrected chi connectivity index (χ2v) is 6.20. The van der Waals surface area contributed by atoms with Crippen LogP contribution in [0.2, 0.25) is 0 Å². The molecule has 0 spiro atoms. The molecule has 1 aromatic heterocycles. The second kappa shape index (κ2) is 6.95. The average molecular weight is 363 g/mol. The molecule has 1 amide bonds. The van der Waals surface area contributed by atoms with Gasteiger partial charge in [-0.15, -0.1) is 0 Å². The van der Waals surface area contributed by atoms with E-state index in [9.17, 15) is 9.59 Å². The lowest BCUT2D eigenvalue weighted by molar-refractivity contribution is -0.117. The van der Waals surface area contributed by atoms with Gasteiger partial charge in [-0.3, -0.25) is 9.59 Å². The minimum atomic E-state index is -0.349. The van der Waals surface area contributed by atoms with Crippen molar-refractivity contribution in [1.29, 1.82) is 0 Å². The number of benzene rings is 2. The number of aryl methyl sites for hydroxylation is 1. The van der Waals surface area contributed by atoms with Gasteiger partial charge >= 0.3 is 0 Å². The van der Waals surface area contributed by atoms with E-state index in [1.165, 1.54) is 6.07 Å². The lowest BCUT2D eigenvalue weighted by Crippen LogP contribution is -2.29. The molecule has 0 saturated carbocycles. The first-order valence-electron chi connectivity index (χ1n) is 8.43. The van der Waals surface area contributed by atoms with E-state index in [-0.39, 0.29) is 24.8 Å². The summed E-state index contributed by atoms with van der Waals surface area (Å²) in [6.07, 6.45) is 0. The van der Waals surface area contributed by atoms with Crippen LogP contribution in [0.25, 0.3) is 11.3 Å². The average Bonchev–Trinajstić information content (AvgIpc) is 3.13. The van der Waals surface area contributed by atoms with Crippen LogP contribution < -0.4 is 20.3 Å². The van der Waals surface area contributed by atoms with E-state index < -0.39 is 0 Å². The normalized spacial score (nSPS) is 12.0. The molecule has 2 aromatic carbocycles. The lowest BCUT2D eigenvalue weighted by atomic mass is 10.1. The predicted molar refractivity (Wildman–Crippen MR) is 99.9 cm³/mol. The molecule has 0 unspecified atom stereocenters. The van der Waals surface area contributed by atoms with Crippen molar-refractivity contribution in [2.24, 2.45) is 0 Å². The lowest BCUT2D eigenvalue weighted by Gasteiger charge is -2.09. The molecule has 7 nitrogen and oxygen atoms in total. The van der Waals surface area contributed by atoms with Gasteiger partial charge in [-0.1, -0.05) is 17.7 Å². The zero-order valence-corrected chi connectivity index (χ0v) is 14.6. The van der Waals surface area contributed by atoms with Crippen molar-refractivity contribution in [1.82, 2.24) is 9.78 Å². The van der Waals surface area contributed by atoms with Gasteiger partial charge in [0.2, 0.25) is 12.7 Å². The van der Waals surface area contributed by atoms with Crippen LogP contribution in [0.5, 0.6) is 11.5 Å². The molecule has 0 aliphatic carbocycles. The number of ether oxygens (including phenoxy) is 2. The van der Waals surface area contributed by atoms with Crippen molar-refractivity contribution in [3.05, 3.63) is 70.5 Å². The van der Waals surface area contributed by atoms with Gasteiger partial charge in [0.15, 0.2) is 11.5 Å². The largest absolute Gasteiger partial charge is 0.454 e. The Morgan fingerprint density at radius 3 is 2.67 bits per heavy atom. The first-order chi connectivity index (χ1) is 13.1. The molecule has 4 rings (SSSR count). The van der Waals surface area contributed by atoms with Gasteiger partial charge < -0.3 is 14.8 Å². The van der Waals surface area contributed by atoms with E-state index in [2.05, 4.69) is 10.4 Å². The third-order valence-electron chi connectivity index (χ3n) is 4.16. The molecule has 0 fully saturated rings. The molecule has 1 aliphatic rings. The number of aromatic nitrogens is 2. The van der Waals surface area contributed by atoms with E-state index in [0.29, 0.717) is 22.9 Å². The molecular weight excluding hydrogens is 346 g/mol. The first kappa shape index (κ1) is 16.8. The zero-order valence-electron chi connectivity index (χ0n) is 14.6. The Bertz CT molecular complexity index is 1060. The molecule has 0 atom stereocenters. The number of nitrogens with one attached hydrogen (secondary N) is 1. The first-order valence-corrected chi connectivity index (χ1v) is 8.43. The quantitative estimate of drug-likeness (QED) is 0.770. The number of hydrogen-bond acceptors (Lipinski definition) is 5. The van der Waals surface area contributed by atoms with Gasteiger partial charge in [0.1, 0.15) is 6.54 Å². The molecule has 1 aliphatic heterocycles. The van der Waals surface area contributed by atoms with Gasteiger partial charge in [-0.25, -0.2) is 4.68 Å². The monoisotopic (exact) mass is 363 g/mol. The highest BCUT2D eigenvalue weighted by molar-refractivity contribution is 5.90. The predicted octanol–water partition coefficient (Wildman–Crippen LogP) is 2.59. The third kappa shape index (κ3) is 3.67.